The van der Waals surface area contributed by atoms with Gasteiger partial charge in [-0.15, -0.1) is 0 Å². The minimum absolute atomic E-state index is 0.00708. The van der Waals surface area contributed by atoms with Gasteiger partial charge in [0.05, 0.1) is 96.2 Å². The van der Waals surface area contributed by atoms with E-state index in [0.29, 0.717) is 123 Å². The molecule has 27 nitrogen and oxygen atoms in total. The molecule has 5 saturated heterocycles. The smallest absolute Gasteiger partial charge is 0.344 e. The van der Waals surface area contributed by atoms with Crippen molar-refractivity contribution in [1.29, 1.82) is 5.26 Å². The number of hydrogen-bond acceptors (Lipinski definition) is 26. The van der Waals surface area contributed by atoms with Crippen molar-refractivity contribution in [2.24, 2.45) is 17.8 Å². The molecule has 13 fully saturated rings. The summed E-state index contributed by atoms with van der Waals surface area (Å²) >= 11 is 0. The summed E-state index contributed by atoms with van der Waals surface area (Å²) < 4.78 is 138. The number of halogens is 4. The van der Waals surface area contributed by atoms with Gasteiger partial charge in [0, 0.05) is 95.8 Å². The first kappa shape index (κ1) is 99.7. The maximum absolute atomic E-state index is 14.5. The molecule has 31 heteroatoms. The Bertz CT molecular complexity index is 3090. The van der Waals surface area contributed by atoms with Gasteiger partial charge in [-0.2, -0.15) is 5.26 Å². The zero-order valence-corrected chi connectivity index (χ0v) is 71.8. The number of carboxylic acid groups (broad SMARTS) is 1. The minimum Gasteiger partial charge on any atom is -0.481 e. The lowest BCUT2D eigenvalue weighted by molar-refractivity contribution is -0.205. The van der Waals surface area contributed by atoms with Crippen LogP contribution in [0, 0.1) is 29.1 Å². The zero-order chi connectivity index (χ0) is 86.5. The fourth-order valence-electron chi connectivity index (χ4n) is 15.4. The zero-order valence-electron chi connectivity index (χ0n) is 71.8. The molecular weight excluding hydrogens is 1530 g/mol. The van der Waals surface area contributed by atoms with Crippen LogP contribution in [0.25, 0.3) is 0 Å². The summed E-state index contributed by atoms with van der Waals surface area (Å²) in [6.45, 7) is 32.9. The van der Waals surface area contributed by atoms with Gasteiger partial charge in [-0.25, -0.2) is 36.7 Å². The third-order valence-electron chi connectivity index (χ3n) is 22.1. The number of aliphatic carboxylic acids is 1. The predicted molar refractivity (Wildman–Crippen MR) is 411 cm³/mol. The summed E-state index contributed by atoms with van der Waals surface area (Å²) in [6.07, 6.45) is 14.2. The Hall–Kier alpha value is -5.11. The normalized spacial score (nSPS) is 29.2. The van der Waals surface area contributed by atoms with Crippen molar-refractivity contribution in [1.82, 2.24) is 0 Å². The number of carbonyl (C=O) groups excluding carboxylic acids is 7. The second kappa shape index (κ2) is 42.1. The van der Waals surface area contributed by atoms with Crippen molar-refractivity contribution < 1.29 is 142 Å². The van der Waals surface area contributed by atoms with Gasteiger partial charge < -0.3 is 86.4 Å². The van der Waals surface area contributed by atoms with Crippen molar-refractivity contribution in [2.75, 3.05) is 66.1 Å². The number of carboxylic acids is 1. The number of Topliss-reactive ketones (excluding diaryl/α,β-unsaturated/α-hetero) is 2. The molecule has 8 saturated carbocycles. The number of nitrogens with zero attached hydrogens (tertiary/aromatic N) is 1. The second-order valence-corrected chi connectivity index (χ2v) is 37.8. The summed E-state index contributed by atoms with van der Waals surface area (Å²) in [5.41, 5.74) is -10.7. The Morgan fingerprint density at radius 2 is 0.552 bits per heavy atom. The van der Waals surface area contributed by atoms with Gasteiger partial charge in [-0.3, -0.25) is 19.2 Å². The van der Waals surface area contributed by atoms with Crippen LogP contribution in [0.1, 0.15) is 309 Å². The van der Waals surface area contributed by atoms with Crippen LogP contribution < -0.4 is 0 Å². The molecule has 0 radical (unpaired) electrons. The highest BCUT2D eigenvalue weighted by molar-refractivity contribution is 5.86. The molecule has 0 aromatic rings. The van der Waals surface area contributed by atoms with Crippen molar-refractivity contribution in [3.63, 3.8) is 0 Å². The third-order valence-corrected chi connectivity index (χ3v) is 22.1. The van der Waals surface area contributed by atoms with Crippen LogP contribution in [-0.2, 0) is 109 Å². The first-order valence-electron chi connectivity index (χ1n) is 42.0. The topological polar surface area (TPSA) is 359 Å². The predicted octanol–water partition coefficient (Wildman–Crippen LogP) is 14.1. The van der Waals surface area contributed by atoms with Gasteiger partial charge in [-0.05, 0) is 219 Å². The first-order chi connectivity index (χ1) is 53.7. The Kier molecular flexibility index (Phi) is 36.2. The number of ether oxygens (including phenoxy) is 15. The fourth-order valence-corrected chi connectivity index (χ4v) is 15.4. The summed E-state index contributed by atoms with van der Waals surface area (Å²) in [6, 6.07) is 2.30. The van der Waals surface area contributed by atoms with Crippen LogP contribution in [0.15, 0.2) is 0 Å². The summed E-state index contributed by atoms with van der Waals surface area (Å²) in [7, 11) is 0. The molecule has 5 aliphatic heterocycles. The quantitative estimate of drug-likeness (QED) is 0.126. The van der Waals surface area contributed by atoms with Gasteiger partial charge in [-0.1, -0.05) is 0 Å². The highest BCUT2D eigenvalue weighted by atomic mass is 19.2. The maximum Gasteiger partial charge on any atom is 0.344 e. The number of esters is 5. The molecule has 116 heavy (non-hydrogen) atoms. The average molecular weight is 1670 g/mol. The van der Waals surface area contributed by atoms with E-state index in [1.165, 1.54) is 0 Å². The van der Waals surface area contributed by atoms with Crippen molar-refractivity contribution in [3.05, 3.63) is 0 Å². The van der Waals surface area contributed by atoms with E-state index in [0.717, 1.165) is 90.3 Å². The van der Waals surface area contributed by atoms with Gasteiger partial charge in [0.25, 0.3) is 0 Å². The molecule has 666 valence electrons. The van der Waals surface area contributed by atoms with E-state index in [1.54, 1.807) is 83.1 Å². The average Bonchev–Trinajstić information content (AvgIpc) is 1.58. The molecule has 13 aliphatic rings. The van der Waals surface area contributed by atoms with E-state index in [2.05, 4.69) is 6.07 Å². The Balaban J connectivity index is 0.000000207. The van der Waals surface area contributed by atoms with E-state index >= 15 is 0 Å². The maximum atomic E-state index is 14.5. The van der Waals surface area contributed by atoms with Crippen LogP contribution in [0.3, 0.4) is 0 Å². The largest absolute Gasteiger partial charge is 0.481 e. The fraction of sp³-hybridized carbons (Fsp3) is 0.894. The molecule has 0 bridgehead atoms. The highest BCUT2D eigenvalue weighted by Gasteiger charge is 2.54. The number of ketones is 2. The number of nitriles is 1. The monoisotopic (exact) mass is 1660 g/mol. The summed E-state index contributed by atoms with van der Waals surface area (Å²) in [4.78, 5) is 90.9. The summed E-state index contributed by atoms with van der Waals surface area (Å²) in [5.74, 6) is -5.67. The van der Waals surface area contributed by atoms with E-state index in [-0.39, 0.29) is 105 Å². The van der Waals surface area contributed by atoms with E-state index < -0.39 is 110 Å². The standard InChI is InChI=1S/C13H21FO4.C13H22O4.2C11H19FO3.C11H17FO3.C9H13NO2.C9H14O4.C8H12O3/c1-11(2,3)18-10(15)12(14)4-6-13(7-5-12)16-8-9-17-13;1-12(2,3)17-11(14)10-4-6-13(7-5-10)15-8-9-16-13;3*1-10(2,3)15-9(14)11(12)6-4-8(13)5-7-11;10-7-8-1-3-9(4-2-8)11-5-6-12-9;10-8(11)7-1-3-9(4-2-7)12-5-6-13-9;9-7-1-3-8(4-2-7)10-5-6-11-8/h4-9H2,1-3H3;10H,4-9H2,1-3H3;2*8,13H,4-7H2,1-3H3;4-7H2,1-3H3;8H,1-6H2;7H,1-6H2,(H,10,11);1-6H2. The molecule has 0 aromatic carbocycles. The molecular formula is C85H137F4NO26. The molecule has 0 atom stereocenters. The molecule has 8 aliphatic carbocycles. The van der Waals surface area contributed by atoms with Crippen molar-refractivity contribution in [3.8, 4) is 6.07 Å². The molecule has 0 aromatic heterocycles. The lowest BCUT2D eigenvalue weighted by Crippen LogP contribution is -2.47. The van der Waals surface area contributed by atoms with Crippen LogP contribution in [0.2, 0.25) is 0 Å². The summed E-state index contributed by atoms with van der Waals surface area (Å²) in [5, 5.41) is 36.0. The number of carbonyl (C=O) groups is 8. The van der Waals surface area contributed by atoms with E-state index in [4.69, 9.17) is 81.4 Å². The lowest BCUT2D eigenvalue weighted by atomic mass is 9.82. The van der Waals surface area contributed by atoms with Crippen molar-refractivity contribution >= 4 is 47.4 Å². The van der Waals surface area contributed by atoms with Gasteiger partial charge >= 0.3 is 35.8 Å². The van der Waals surface area contributed by atoms with Gasteiger partial charge in [0.15, 0.2) is 28.9 Å². The third kappa shape index (κ3) is 32.7. The number of hydrogen-bond donors (Lipinski definition) is 3. The lowest BCUT2D eigenvalue weighted by Gasteiger charge is -2.38. The Morgan fingerprint density at radius 1 is 0.328 bits per heavy atom. The second-order valence-electron chi connectivity index (χ2n) is 37.8. The van der Waals surface area contributed by atoms with Crippen LogP contribution in [-0.4, -0.2) is 221 Å². The van der Waals surface area contributed by atoms with Gasteiger partial charge in [0.1, 0.15) is 39.6 Å². The minimum atomic E-state index is -1.96. The number of alkyl halides is 4. The van der Waals surface area contributed by atoms with Crippen LogP contribution in [0.4, 0.5) is 17.6 Å². The van der Waals surface area contributed by atoms with Gasteiger partial charge in [0.2, 0.25) is 22.7 Å². The number of rotatable bonds is 6. The molecule has 0 amide bonds. The van der Waals surface area contributed by atoms with Crippen LogP contribution >= 0.6 is 0 Å². The Morgan fingerprint density at radius 3 is 0.810 bits per heavy atom. The highest BCUT2D eigenvalue weighted by Crippen LogP contribution is 2.46. The molecule has 5 heterocycles. The molecule has 3 N–H and O–H groups in total. The SMILES string of the molecule is CC(C)(C)OC(=O)C1(F)CCC(=O)CC1.CC(C)(C)OC(=O)C1(F)CCC(O)CC1.CC(C)(C)OC(=O)C1(F)CCC(O)CC1.CC(C)(C)OC(=O)C1(F)CCC2(CC1)OCCO2.CC(C)(C)OC(=O)C1CCC2(CC1)OCCO2.N#CC1CCC2(CC1)OCCO2.O=C(O)C1CCC2(CC1)OCCO2.O=C1CCC2(CC1)OCCO2. The molecule has 13 rings (SSSR count). The van der Waals surface area contributed by atoms with E-state index in [1.807, 2.05) is 20.8 Å². The Labute approximate surface area is 683 Å². The molecule has 0 unspecified atom stereocenters. The number of aliphatic hydroxyl groups is 2. The molecule has 5 spiro atoms. The van der Waals surface area contributed by atoms with E-state index in [9.17, 15) is 66.1 Å². The first-order valence-corrected chi connectivity index (χ1v) is 42.0. The van der Waals surface area contributed by atoms with Crippen LogP contribution in [0.5, 0.6) is 0 Å². The number of aliphatic hydroxyl groups excluding tert-OH is 2. The van der Waals surface area contributed by atoms with Crippen molar-refractivity contribution in [2.45, 2.75) is 401 Å².